The summed E-state index contributed by atoms with van der Waals surface area (Å²) in [4.78, 5) is 3.75. The van der Waals surface area contributed by atoms with E-state index in [1.54, 1.807) is 17.0 Å². The molecule has 3 N–H and O–H groups in total. The lowest BCUT2D eigenvalue weighted by atomic mass is 10.1. The van der Waals surface area contributed by atoms with E-state index in [1.807, 2.05) is 11.9 Å². The number of nitrogens with zero attached hydrogens (tertiary/aromatic N) is 3. The smallest absolute Gasteiger partial charge is 0.184 e. The van der Waals surface area contributed by atoms with E-state index in [2.05, 4.69) is 22.7 Å². The minimum atomic E-state index is -0.616. The molecule has 3 rings (SSSR count). The van der Waals surface area contributed by atoms with Gasteiger partial charge in [-0.25, -0.2) is 13.2 Å². The number of halogens is 4. The van der Waals surface area contributed by atoms with Crippen LogP contribution < -0.4 is 16.1 Å². The van der Waals surface area contributed by atoms with Crippen molar-refractivity contribution < 1.29 is 13.2 Å². The first-order valence-corrected chi connectivity index (χ1v) is 10.0. The van der Waals surface area contributed by atoms with E-state index in [4.69, 9.17) is 17.3 Å². The summed E-state index contributed by atoms with van der Waals surface area (Å²) >= 11 is 10.7. The molecule has 5 nitrogen and oxygen atoms in total. The highest BCUT2D eigenvalue weighted by Gasteiger charge is 2.28. The van der Waals surface area contributed by atoms with Gasteiger partial charge in [0.15, 0.2) is 5.11 Å². The standard InChI is InChI=1S/C20H21ClF3N5S/c1-28(11-14-15(21)3-2-4-16(14)22)13-5-6-29(10-13)19-8-17(23)12(7-18(19)24)9-26-27-20(25)30/h2-4,7-9,13H,5-6,10-11H2,1H3,(H3,25,27,30)/b26-9+/t13-/m0/s1. The molecule has 0 radical (unpaired) electrons. The van der Waals surface area contributed by atoms with Gasteiger partial charge in [0.25, 0.3) is 0 Å². The molecule has 0 amide bonds. The molecule has 0 spiro atoms. The summed E-state index contributed by atoms with van der Waals surface area (Å²) in [6.07, 6.45) is 1.84. The fraction of sp³-hybridized carbons (Fsp3) is 0.300. The van der Waals surface area contributed by atoms with Gasteiger partial charge in [0.2, 0.25) is 0 Å². The van der Waals surface area contributed by atoms with Crippen LogP contribution in [0.3, 0.4) is 0 Å². The minimum absolute atomic E-state index is 0.0259. The summed E-state index contributed by atoms with van der Waals surface area (Å²) in [7, 11) is 1.86. The maximum atomic E-state index is 14.6. The Morgan fingerprint density at radius 1 is 1.33 bits per heavy atom. The zero-order valence-electron chi connectivity index (χ0n) is 16.2. The van der Waals surface area contributed by atoms with Crippen LogP contribution in [-0.4, -0.2) is 42.4 Å². The molecular formula is C20H21ClF3N5S. The van der Waals surface area contributed by atoms with Gasteiger partial charge in [-0.3, -0.25) is 10.3 Å². The Hall–Kier alpha value is -2.36. The Morgan fingerprint density at radius 2 is 2.10 bits per heavy atom. The number of hydrogen-bond donors (Lipinski definition) is 2. The van der Waals surface area contributed by atoms with E-state index >= 15 is 0 Å². The molecule has 0 bridgehead atoms. The van der Waals surface area contributed by atoms with Gasteiger partial charge in [0.05, 0.1) is 11.9 Å². The number of rotatable bonds is 6. The van der Waals surface area contributed by atoms with Gasteiger partial charge in [-0.2, -0.15) is 5.10 Å². The lowest BCUT2D eigenvalue weighted by Gasteiger charge is -2.26. The summed E-state index contributed by atoms with van der Waals surface area (Å²) in [5.41, 5.74) is 8.10. The van der Waals surface area contributed by atoms with Gasteiger partial charge < -0.3 is 10.6 Å². The molecule has 10 heteroatoms. The highest BCUT2D eigenvalue weighted by atomic mass is 35.5. The fourth-order valence-electron chi connectivity index (χ4n) is 3.44. The highest BCUT2D eigenvalue weighted by molar-refractivity contribution is 7.80. The Bertz CT molecular complexity index is 951. The zero-order valence-corrected chi connectivity index (χ0v) is 17.8. The lowest BCUT2D eigenvalue weighted by molar-refractivity contribution is 0.247. The molecule has 2 aromatic carbocycles. The van der Waals surface area contributed by atoms with Crippen LogP contribution in [0, 0.1) is 17.5 Å². The number of hydrogen-bond acceptors (Lipinski definition) is 4. The van der Waals surface area contributed by atoms with Crippen molar-refractivity contribution in [2.45, 2.75) is 19.0 Å². The summed E-state index contributed by atoms with van der Waals surface area (Å²) < 4.78 is 43.1. The molecule has 2 aromatic rings. The molecule has 1 heterocycles. The normalized spacial score (nSPS) is 16.6. The van der Waals surface area contributed by atoms with E-state index in [9.17, 15) is 13.2 Å². The third-order valence-electron chi connectivity index (χ3n) is 5.04. The first-order chi connectivity index (χ1) is 14.3. The number of nitrogens with one attached hydrogen (secondary N) is 1. The topological polar surface area (TPSA) is 56.9 Å². The first-order valence-electron chi connectivity index (χ1n) is 9.22. The van der Waals surface area contributed by atoms with Crippen LogP contribution in [0.4, 0.5) is 18.9 Å². The molecule has 0 saturated carbocycles. The Labute approximate surface area is 183 Å². The zero-order chi connectivity index (χ0) is 21.8. The van der Waals surface area contributed by atoms with Gasteiger partial charge in [-0.1, -0.05) is 17.7 Å². The van der Waals surface area contributed by atoms with E-state index in [1.165, 1.54) is 6.07 Å². The largest absolute Gasteiger partial charge is 0.375 e. The summed E-state index contributed by atoms with van der Waals surface area (Å²) in [6.45, 7) is 1.36. The third-order valence-corrected chi connectivity index (χ3v) is 5.49. The number of anilines is 1. The molecular weight excluding hydrogens is 435 g/mol. The molecule has 0 aliphatic carbocycles. The molecule has 0 unspecified atom stereocenters. The number of hydrazone groups is 1. The van der Waals surface area contributed by atoms with Gasteiger partial charge >= 0.3 is 0 Å². The van der Waals surface area contributed by atoms with Crippen LogP contribution in [0.25, 0.3) is 0 Å². The summed E-state index contributed by atoms with van der Waals surface area (Å²) in [5, 5.41) is 3.94. The number of nitrogens with two attached hydrogens (primary N) is 1. The van der Waals surface area contributed by atoms with Gasteiger partial charge in [-0.15, -0.1) is 0 Å². The van der Waals surface area contributed by atoms with Crippen LogP contribution in [0.1, 0.15) is 17.5 Å². The van der Waals surface area contributed by atoms with Crippen LogP contribution in [-0.2, 0) is 6.54 Å². The molecule has 1 saturated heterocycles. The van der Waals surface area contributed by atoms with Crippen molar-refractivity contribution in [2.24, 2.45) is 10.8 Å². The number of benzene rings is 2. The third kappa shape index (κ3) is 5.21. The van der Waals surface area contributed by atoms with Crippen molar-refractivity contribution in [3.05, 3.63) is 63.9 Å². The molecule has 1 fully saturated rings. The SMILES string of the molecule is CN(Cc1c(F)cccc1Cl)[C@H]1CCN(c2cc(F)c(/C=N/NC(N)=S)cc2F)C1. The molecule has 0 aromatic heterocycles. The average Bonchev–Trinajstić information content (AvgIpc) is 3.17. The van der Waals surface area contributed by atoms with E-state index in [0.717, 1.165) is 24.8 Å². The maximum Gasteiger partial charge on any atom is 0.184 e. The molecule has 1 aliphatic rings. The maximum absolute atomic E-state index is 14.6. The number of likely N-dealkylation sites (N-methyl/N-ethyl adjacent to an activating group) is 1. The predicted molar refractivity (Wildman–Crippen MR) is 117 cm³/mol. The fourth-order valence-corrected chi connectivity index (χ4v) is 3.72. The Kier molecular flexibility index (Phi) is 7.17. The Morgan fingerprint density at radius 3 is 2.80 bits per heavy atom. The second-order valence-corrected chi connectivity index (χ2v) is 7.91. The molecule has 1 aliphatic heterocycles. The van der Waals surface area contributed by atoms with Crippen molar-refractivity contribution in [3.8, 4) is 0 Å². The molecule has 160 valence electrons. The van der Waals surface area contributed by atoms with Crippen molar-refractivity contribution in [3.63, 3.8) is 0 Å². The second kappa shape index (κ2) is 9.63. The second-order valence-electron chi connectivity index (χ2n) is 7.06. The predicted octanol–water partition coefficient (Wildman–Crippen LogP) is 3.64. The first kappa shape index (κ1) is 22.3. The quantitative estimate of drug-likeness (QED) is 0.396. The van der Waals surface area contributed by atoms with Crippen molar-refractivity contribution in [1.82, 2.24) is 10.3 Å². The van der Waals surface area contributed by atoms with Gasteiger partial charge in [0, 0.05) is 47.9 Å². The Balaban J connectivity index is 1.69. The van der Waals surface area contributed by atoms with Gasteiger partial charge in [-0.05, 0) is 43.9 Å². The van der Waals surface area contributed by atoms with E-state index in [0.29, 0.717) is 30.2 Å². The number of thiocarbonyl (C=S) groups is 1. The van der Waals surface area contributed by atoms with Crippen molar-refractivity contribution in [2.75, 3.05) is 25.0 Å². The lowest BCUT2D eigenvalue weighted by Crippen LogP contribution is -2.34. The molecule has 30 heavy (non-hydrogen) atoms. The van der Waals surface area contributed by atoms with Gasteiger partial charge in [0.1, 0.15) is 17.5 Å². The summed E-state index contributed by atoms with van der Waals surface area (Å²) in [6, 6.07) is 6.84. The molecule has 1 atom stereocenters. The van der Waals surface area contributed by atoms with Crippen LogP contribution in [0.5, 0.6) is 0 Å². The van der Waals surface area contributed by atoms with Crippen molar-refractivity contribution in [1.29, 1.82) is 0 Å². The monoisotopic (exact) mass is 455 g/mol. The summed E-state index contributed by atoms with van der Waals surface area (Å²) in [5.74, 6) is -1.54. The van der Waals surface area contributed by atoms with Crippen LogP contribution in [0.15, 0.2) is 35.4 Å². The van der Waals surface area contributed by atoms with E-state index in [-0.39, 0.29) is 28.2 Å². The minimum Gasteiger partial charge on any atom is -0.375 e. The highest BCUT2D eigenvalue weighted by Crippen LogP contribution is 2.29. The average molecular weight is 456 g/mol. The van der Waals surface area contributed by atoms with Crippen LogP contribution >= 0.6 is 23.8 Å². The van der Waals surface area contributed by atoms with Crippen LogP contribution in [0.2, 0.25) is 5.02 Å². The van der Waals surface area contributed by atoms with Crippen molar-refractivity contribution >= 4 is 40.8 Å². The van der Waals surface area contributed by atoms with E-state index < -0.39 is 11.6 Å².